The van der Waals surface area contributed by atoms with Crippen LogP contribution in [-0.4, -0.2) is 55.0 Å². The first kappa shape index (κ1) is 18.7. The highest BCUT2D eigenvalue weighted by Crippen LogP contribution is 2.22. The standard InChI is InChI=1S/C22H22N4O3/c1-29-17-9-7-16(8-10-17)25-12-14-26(15-13-25)22(28)21(27)24-20-6-2-5-19-18(20)4-3-11-23-19/h2-11H,12-15H2,1H3,(H,24,27). The summed E-state index contributed by atoms with van der Waals surface area (Å²) < 4.78 is 5.19. The van der Waals surface area contributed by atoms with Crippen LogP contribution in [0.1, 0.15) is 0 Å². The van der Waals surface area contributed by atoms with Crippen LogP contribution in [-0.2, 0) is 9.59 Å². The molecule has 0 atom stereocenters. The molecular weight excluding hydrogens is 368 g/mol. The summed E-state index contributed by atoms with van der Waals surface area (Å²) in [4.78, 5) is 33.2. The molecule has 29 heavy (non-hydrogen) atoms. The highest BCUT2D eigenvalue weighted by molar-refractivity contribution is 6.40. The number of nitrogens with zero attached hydrogens (tertiary/aromatic N) is 3. The maximum atomic E-state index is 12.6. The predicted molar refractivity (Wildman–Crippen MR) is 112 cm³/mol. The van der Waals surface area contributed by atoms with Gasteiger partial charge >= 0.3 is 11.8 Å². The molecule has 0 saturated carbocycles. The van der Waals surface area contributed by atoms with E-state index in [4.69, 9.17) is 4.74 Å². The SMILES string of the molecule is COc1ccc(N2CCN(C(=O)C(=O)Nc3cccc4ncccc34)CC2)cc1. The summed E-state index contributed by atoms with van der Waals surface area (Å²) in [6.45, 7) is 2.33. The highest BCUT2D eigenvalue weighted by Gasteiger charge is 2.26. The molecule has 0 spiro atoms. The molecule has 0 aliphatic carbocycles. The molecule has 148 valence electrons. The Morgan fingerprint density at radius 3 is 2.45 bits per heavy atom. The molecule has 2 amide bonds. The van der Waals surface area contributed by atoms with Crippen LogP contribution in [0.25, 0.3) is 10.9 Å². The molecule has 1 saturated heterocycles. The van der Waals surface area contributed by atoms with Crippen LogP contribution < -0.4 is 15.0 Å². The Labute approximate surface area is 168 Å². The minimum Gasteiger partial charge on any atom is -0.497 e. The van der Waals surface area contributed by atoms with Gasteiger partial charge in [-0.1, -0.05) is 6.07 Å². The minimum atomic E-state index is -0.626. The lowest BCUT2D eigenvalue weighted by Crippen LogP contribution is -2.51. The number of hydrogen-bond donors (Lipinski definition) is 1. The van der Waals surface area contributed by atoms with Gasteiger partial charge in [0.05, 0.1) is 18.3 Å². The fourth-order valence-corrected chi connectivity index (χ4v) is 3.49. The number of piperazine rings is 1. The number of carbonyl (C=O) groups excluding carboxylic acids is 2. The van der Waals surface area contributed by atoms with Crippen molar-refractivity contribution in [3.8, 4) is 5.75 Å². The van der Waals surface area contributed by atoms with Crippen LogP contribution >= 0.6 is 0 Å². The van der Waals surface area contributed by atoms with Gasteiger partial charge in [0, 0.05) is 43.4 Å². The zero-order valence-electron chi connectivity index (χ0n) is 16.2. The number of methoxy groups -OCH3 is 1. The third-order valence-corrected chi connectivity index (χ3v) is 5.09. The van der Waals surface area contributed by atoms with Gasteiger partial charge in [0.25, 0.3) is 0 Å². The van der Waals surface area contributed by atoms with Gasteiger partial charge in [-0.15, -0.1) is 0 Å². The molecule has 1 aliphatic rings. The number of benzene rings is 2. The maximum absolute atomic E-state index is 12.6. The number of fused-ring (bicyclic) bond motifs is 1. The average molecular weight is 390 g/mol. The fourth-order valence-electron chi connectivity index (χ4n) is 3.49. The second-order valence-corrected chi connectivity index (χ2v) is 6.81. The van der Waals surface area contributed by atoms with Gasteiger partial charge in [0.1, 0.15) is 5.75 Å². The topological polar surface area (TPSA) is 74.8 Å². The van der Waals surface area contributed by atoms with E-state index in [1.807, 2.05) is 42.5 Å². The molecule has 2 heterocycles. The van der Waals surface area contributed by atoms with Gasteiger partial charge in [0.15, 0.2) is 0 Å². The summed E-state index contributed by atoms with van der Waals surface area (Å²) in [7, 11) is 1.64. The van der Waals surface area contributed by atoms with Crippen LogP contribution in [0, 0.1) is 0 Å². The van der Waals surface area contributed by atoms with E-state index in [9.17, 15) is 9.59 Å². The van der Waals surface area contributed by atoms with Crippen molar-refractivity contribution in [1.82, 2.24) is 9.88 Å². The largest absolute Gasteiger partial charge is 0.497 e. The number of nitrogens with one attached hydrogen (secondary N) is 1. The minimum absolute atomic E-state index is 0.495. The van der Waals surface area contributed by atoms with Crippen molar-refractivity contribution in [2.75, 3.05) is 43.5 Å². The maximum Gasteiger partial charge on any atom is 0.313 e. The predicted octanol–water partition coefficient (Wildman–Crippen LogP) is 2.53. The lowest BCUT2D eigenvalue weighted by molar-refractivity contribution is -0.143. The van der Waals surface area contributed by atoms with Gasteiger partial charge in [-0.3, -0.25) is 14.6 Å². The van der Waals surface area contributed by atoms with Crippen LogP contribution in [0.4, 0.5) is 11.4 Å². The quantitative estimate of drug-likeness (QED) is 0.696. The molecule has 2 aromatic carbocycles. The Hall–Kier alpha value is -3.61. The molecule has 0 radical (unpaired) electrons. The highest BCUT2D eigenvalue weighted by atomic mass is 16.5. The smallest absolute Gasteiger partial charge is 0.313 e. The van der Waals surface area contributed by atoms with Crippen molar-refractivity contribution in [1.29, 1.82) is 0 Å². The second kappa shape index (κ2) is 8.18. The molecule has 1 fully saturated rings. The number of ether oxygens (including phenoxy) is 1. The van der Waals surface area contributed by atoms with E-state index in [2.05, 4.69) is 15.2 Å². The second-order valence-electron chi connectivity index (χ2n) is 6.81. The van der Waals surface area contributed by atoms with Gasteiger partial charge in [-0.25, -0.2) is 0 Å². The third kappa shape index (κ3) is 3.99. The van der Waals surface area contributed by atoms with Crippen LogP contribution in [0.3, 0.4) is 0 Å². The first-order valence-electron chi connectivity index (χ1n) is 9.49. The Balaban J connectivity index is 1.38. The number of hydrogen-bond acceptors (Lipinski definition) is 5. The van der Waals surface area contributed by atoms with E-state index in [0.717, 1.165) is 22.3 Å². The summed E-state index contributed by atoms with van der Waals surface area (Å²) >= 11 is 0. The van der Waals surface area contributed by atoms with Crippen molar-refractivity contribution in [3.63, 3.8) is 0 Å². The van der Waals surface area contributed by atoms with Gasteiger partial charge < -0.3 is 19.9 Å². The van der Waals surface area contributed by atoms with Crippen molar-refractivity contribution in [2.24, 2.45) is 0 Å². The Kier molecular flexibility index (Phi) is 5.29. The van der Waals surface area contributed by atoms with Crippen molar-refractivity contribution in [2.45, 2.75) is 0 Å². The molecule has 1 N–H and O–H groups in total. The summed E-state index contributed by atoms with van der Waals surface area (Å²) in [5, 5.41) is 3.55. The van der Waals surface area contributed by atoms with E-state index in [1.54, 1.807) is 30.3 Å². The first-order chi connectivity index (χ1) is 14.2. The van der Waals surface area contributed by atoms with Gasteiger partial charge in [-0.2, -0.15) is 0 Å². The molecule has 4 rings (SSSR count). The Morgan fingerprint density at radius 1 is 0.966 bits per heavy atom. The zero-order valence-corrected chi connectivity index (χ0v) is 16.2. The molecule has 7 heteroatoms. The lowest BCUT2D eigenvalue weighted by atomic mass is 10.2. The van der Waals surface area contributed by atoms with E-state index in [0.29, 0.717) is 31.9 Å². The Morgan fingerprint density at radius 2 is 1.72 bits per heavy atom. The van der Waals surface area contributed by atoms with E-state index >= 15 is 0 Å². The number of pyridine rings is 1. The normalized spacial score (nSPS) is 14.0. The summed E-state index contributed by atoms with van der Waals surface area (Å²) in [6.07, 6.45) is 1.70. The van der Waals surface area contributed by atoms with E-state index in [-0.39, 0.29) is 0 Å². The molecule has 0 bridgehead atoms. The average Bonchev–Trinajstić information content (AvgIpc) is 2.79. The molecule has 1 aromatic heterocycles. The fraction of sp³-hybridized carbons (Fsp3) is 0.227. The molecular formula is C22H22N4O3. The van der Waals surface area contributed by atoms with E-state index < -0.39 is 11.8 Å². The van der Waals surface area contributed by atoms with Gasteiger partial charge in [0.2, 0.25) is 0 Å². The summed E-state index contributed by atoms with van der Waals surface area (Å²) in [5.41, 5.74) is 2.43. The number of carbonyl (C=O) groups is 2. The molecule has 0 unspecified atom stereocenters. The molecule has 7 nitrogen and oxygen atoms in total. The third-order valence-electron chi connectivity index (χ3n) is 5.09. The Bertz CT molecular complexity index is 1020. The first-order valence-corrected chi connectivity index (χ1v) is 9.49. The summed E-state index contributed by atoms with van der Waals surface area (Å²) in [5.74, 6) is -0.331. The molecule has 3 aromatic rings. The van der Waals surface area contributed by atoms with Crippen molar-refractivity contribution < 1.29 is 14.3 Å². The van der Waals surface area contributed by atoms with E-state index in [1.165, 1.54) is 0 Å². The number of amides is 2. The van der Waals surface area contributed by atoms with Gasteiger partial charge in [-0.05, 0) is 48.5 Å². The monoisotopic (exact) mass is 390 g/mol. The van der Waals surface area contributed by atoms with Crippen LogP contribution in [0.2, 0.25) is 0 Å². The molecule has 1 aliphatic heterocycles. The van der Waals surface area contributed by atoms with Crippen molar-refractivity contribution >= 4 is 34.1 Å². The summed E-state index contributed by atoms with van der Waals surface area (Å²) in [6, 6.07) is 17.0. The number of rotatable bonds is 3. The van der Waals surface area contributed by atoms with Crippen molar-refractivity contribution in [3.05, 3.63) is 60.8 Å². The lowest BCUT2D eigenvalue weighted by Gasteiger charge is -2.35. The number of aromatic nitrogens is 1. The van der Waals surface area contributed by atoms with Crippen LogP contribution in [0.15, 0.2) is 60.8 Å². The number of anilines is 2. The zero-order chi connectivity index (χ0) is 20.2. The van der Waals surface area contributed by atoms with Crippen LogP contribution in [0.5, 0.6) is 5.75 Å².